The fraction of sp³-hybridized carbons (Fsp3) is 0.450. The van der Waals surface area contributed by atoms with Crippen molar-refractivity contribution in [3.8, 4) is 11.5 Å². The molecule has 1 aromatic carbocycles. The zero-order chi connectivity index (χ0) is 18.5. The first kappa shape index (κ1) is 18.2. The second-order valence-corrected chi connectivity index (χ2v) is 6.27. The Balaban J connectivity index is 1.79. The van der Waals surface area contributed by atoms with Crippen molar-refractivity contribution in [2.45, 2.75) is 46.1 Å². The number of amides is 1. The number of rotatable bonds is 6. The summed E-state index contributed by atoms with van der Waals surface area (Å²) in [5.74, 6) is 1.87. The summed E-state index contributed by atoms with van der Waals surface area (Å²) < 4.78 is 11.2. The SMILES string of the molecule is CCOc1ccc(C(=O)NC2CCCc3nc(C)ncc32)cc1OCC. The predicted molar refractivity (Wildman–Crippen MR) is 98.7 cm³/mol. The Bertz CT molecular complexity index is 792. The van der Waals surface area contributed by atoms with E-state index in [0.717, 1.165) is 36.3 Å². The van der Waals surface area contributed by atoms with E-state index in [0.29, 0.717) is 30.3 Å². The summed E-state index contributed by atoms with van der Waals surface area (Å²) in [5, 5.41) is 3.12. The number of carbonyl (C=O) groups excluding carboxylic acids is 1. The number of ether oxygens (including phenoxy) is 2. The van der Waals surface area contributed by atoms with Crippen molar-refractivity contribution in [3.63, 3.8) is 0 Å². The van der Waals surface area contributed by atoms with Gasteiger partial charge in [-0.15, -0.1) is 0 Å². The molecule has 1 N–H and O–H groups in total. The van der Waals surface area contributed by atoms with Crippen molar-refractivity contribution in [1.82, 2.24) is 15.3 Å². The van der Waals surface area contributed by atoms with Crippen molar-refractivity contribution < 1.29 is 14.3 Å². The molecule has 1 aromatic heterocycles. The summed E-state index contributed by atoms with van der Waals surface area (Å²) in [7, 11) is 0. The third-order valence-corrected chi connectivity index (χ3v) is 4.41. The summed E-state index contributed by atoms with van der Waals surface area (Å²) in [5.41, 5.74) is 2.61. The molecule has 1 aliphatic carbocycles. The number of aromatic nitrogens is 2. The number of hydrogen-bond acceptors (Lipinski definition) is 5. The highest BCUT2D eigenvalue weighted by atomic mass is 16.5. The minimum Gasteiger partial charge on any atom is -0.490 e. The Kier molecular flexibility index (Phi) is 5.71. The largest absolute Gasteiger partial charge is 0.490 e. The molecule has 0 radical (unpaired) electrons. The lowest BCUT2D eigenvalue weighted by Gasteiger charge is -2.25. The summed E-state index contributed by atoms with van der Waals surface area (Å²) in [4.78, 5) is 21.6. The highest BCUT2D eigenvalue weighted by Gasteiger charge is 2.24. The van der Waals surface area contributed by atoms with Gasteiger partial charge >= 0.3 is 0 Å². The second-order valence-electron chi connectivity index (χ2n) is 6.27. The Morgan fingerprint density at radius 1 is 1.23 bits per heavy atom. The maximum absolute atomic E-state index is 12.8. The highest BCUT2D eigenvalue weighted by Crippen LogP contribution is 2.31. The van der Waals surface area contributed by atoms with Crippen LogP contribution in [0.5, 0.6) is 11.5 Å². The molecule has 2 aromatic rings. The minimum atomic E-state index is -0.132. The lowest BCUT2D eigenvalue weighted by Crippen LogP contribution is -2.31. The van der Waals surface area contributed by atoms with Crippen molar-refractivity contribution in [2.75, 3.05) is 13.2 Å². The standard InChI is InChI=1S/C20H25N3O3/c1-4-25-18-10-9-14(11-19(18)26-5-2)20(24)23-17-8-6-7-16-15(17)12-21-13(3)22-16/h9-12,17H,4-8H2,1-3H3,(H,23,24). The molecule has 0 saturated carbocycles. The number of hydrogen-bond donors (Lipinski definition) is 1. The van der Waals surface area contributed by atoms with Crippen LogP contribution in [0.2, 0.25) is 0 Å². The molecule has 0 bridgehead atoms. The van der Waals surface area contributed by atoms with Crippen LogP contribution >= 0.6 is 0 Å². The number of fused-ring (bicyclic) bond motifs is 1. The number of nitrogens with zero attached hydrogens (tertiary/aromatic N) is 2. The molecule has 0 saturated heterocycles. The molecule has 3 rings (SSSR count). The van der Waals surface area contributed by atoms with E-state index in [-0.39, 0.29) is 11.9 Å². The van der Waals surface area contributed by atoms with Gasteiger partial charge in [0.25, 0.3) is 5.91 Å². The highest BCUT2D eigenvalue weighted by molar-refractivity contribution is 5.95. The van der Waals surface area contributed by atoms with Gasteiger partial charge in [-0.1, -0.05) is 0 Å². The quantitative estimate of drug-likeness (QED) is 0.860. The van der Waals surface area contributed by atoms with Crippen LogP contribution in [0.3, 0.4) is 0 Å². The van der Waals surface area contributed by atoms with Crippen LogP contribution in [0, 0.1) is 6.92 Å². The van der Waals surface area contributed by atoms with Crippen molar-refractivity contribution in [3.05, 3.63) is 47.0 Å². The van der Waals surface area contributed by atoms with E-state index in [4.69, 9.17) is 9.47 Å². The van der Waals surface area contributed by atoms with Gasteiger partial charge in [-0.25, -0.2) is 9.97 Å². The van der Waals surface area contributed by atoms with Crippen molar-refractivity contribution in [2.24, 2.45) is 0 Å². The van der Waals surface area contributed by atoms with E-state index in [2.05, 4.69) is 15.3 Å². The fourth-order valence-electron chi connectivity index (χ4n) is 3.23. The van der Waals surface area contributed by atoms with Crippen molar-refractivity contribution >= 4 is 5.91 Å². The summed E-state index contributed by atoms with van der Waals surface area (Å²) >= 11 is 0. The van der Waals surface area contributed by atoms with Gasteiger partial charge in [0.05, 0.1) is 19.3 Å². The zero-order valence-electron chi connectivity index (χ0n) is 15.5. The van der Waals surface area contributed by atoms with E-state index in [1.807, 2.05) is 27.0 Å². The van der Waals surface area contributed by atoms with E-state index < -0.39 is 0 Å². The van der Waals surface area contributed by atoms with Crippen LogP contribution in [0.1, 0.15) is 60.2 Å². The van der Waals surface area contributed by atoms with E-state index >= 15 is 0 Å². The van der Waals surface area contributed by atoms with Gasteiger partial charge in [-0.3, -0.25) is 4.79 Å². The number of carbonyl (C=O) groups is 1. The third kappa shape index (κ3) is 3.95. The molecule has 1 atom stereocenters. The molecule has 0 aliphatic heterocycles. The maximum atomic E-state index is 12.8. The van der Waals surface area contributed by atoms with E-state index in [1.165, 1.54) is 0 Å². The molecule has 6 nitrogen and oxygen atoms in total. The first-order valence-corrected chi connectivity index (χ1v) is 9.15. The molecular weight excluding hydrogens is 330 g/mol. The number of nitrogens with one attached hydrogen (secondary N) is 1. The summed E-state index contributed by atoms with van der Waals surface area (Å²) in [6.45, 7) is 6.77. The van der Waals surface area contributed by atoms with Crippen LogP contribution in [0.4, 0.5) is 0 Å². The van der Waals surface area contributed by atoms with Gasteiger partial charge in [-0.05, 0) is 58.2 Å². The molecule has 1 aliphatic rings. The molecule has 138 valence electrons. The minimum absolute atomic E-state index is 0.0611. The van der Waals surface area contributed by atoms with E-state index in [1.54, 1.807) is 18.2 Å². The lowest BCUT2D eigenvalue weighted by molar-refractivity contribution is 0.0932. The predicted octanol–water partition coefficient (Wildman–Crippen LogP) is 3.39. The molecule has 1 amide bonds. The molecule has 1 heterocycles. The fourth-order valence-corrected chi connectivity index (χ4v) is 3.23. The van der Waals surface area contributed by atoms with Gasteiger partial charge in [0.1, 0.15) is 5.82 Å². The van der Waals surface area contributed by atoms with Crippen LogP contribution in [-0.2, 0) is 6.42 Å². The third-order valence-electron chi connectivity index (χ3n) is 4.41. The van der Waals surface area contributed by atoms with Gasteiger partial charge in [-0.2, -0.15) is 0 Å². The number of benzene rings is 1. The van der Waals surface area contributed by atoms with Crippen LogP contribution < -0.4 is 14.8 Å². The molecule has 26 heavy (non-hydrogen) atoms. The zero-order valence-corrected chi connectivity index (χ0v) is 15.5. The van der Waals surface area contributed by atoms with Gasteiger partial charge in [0.15, 0.2) is 11.5 Å². The Morgan fingerprint density at radius 2 is 2.00 bits per heavy atom. The second kappa shape index (κ2) is 8.17. The van der Waals surface area contributed by atoms with Crippen LogP contribution in [-0.4, -0.2) is 29.1 Å². The lowest BCUT2D eigenvalue weighted by atomic mass is 9.92. The summed E-state index contributed by atoms with van der Waals surface area (Å²) in [6.07, 6.45) is 4.66. The first-order chi connectivity index (χ1) is 12.6. The average Bonchev–Trinajstić information content (AvgIpc) is 2.63. The average molecular weight is 355 g/mol. The Morgan fingerprint density at radius 3 is 2.77 bits per heavy atom. The molecule has 6 heteroatoms. The Hall–Kier alpha value is -2.63. The van der Waals surface area contributed by atoms with Gasteiger partial charge < -0.3 is 14.8 Å². The number of aryl methyl sites for hydroxylation is 2. The Labute approximate surface area is 154 Å². The maximum Gasteiger partial charge on any atom is 0.251 e. The molecule has 0 fully saturated rings. The summed E-state index contributed by atoms with van der Waals surface area (Å²) in [6, 6.07) is 5.22. The first-order valence-electron chi connectivity index (χ1n) is 9.15. The smallest absolute Gasteiger partial charge is 0.251 e. The molecular formula is C20H25N3O3. The van der Waals surface area contributed by atoms with Crippen LogP contribution in [0.15, 0.2) is 24.4 Å². The van der Waals surface area contributed by atoms with Crippen LogP contribution in [0.25, 0.3) is 0 Å². The normalized spacial score (nSPS) is 15.9. The molecule has 1 unspecified atom stereocenters. The van der Waals surface area contributed by atoms with E-state index in [9.17, 15) is 4.79 Å². The van der Waals surface area contributed by atoms with Gasteiger partial charge in [0.2, 0.25) is 0 Å². The monoisotopic (exact) mass is 355 g/mol. The van der Waals surface area contributed by atoms with Gasteiger partial charge in [0, 0.05) is 23.0 Å². The molecule has 0 spiro atoms. The topological polar surface area (TPSA) is 73.3 Å². The van der Waals surface area contributed by atoms with Crippen molar-refractivity contribution in [1.29, 1.82) is 0 Å².